The molecule has 0 unspecified atom stereocenters. The summed E-state index contributed by atoms with van der Waals surface area (Å²) in [4.78, 5) is 12.1. The van der Waals surface area contributed by atoms with Crippen LogP contribution < -0.4 is 15.8 Å². The summed E-state index contributed by atoms with van der Waals surface area (Å²) in [7, 11) is 3.37. The molecule has 0 atom stereocenters. The molecule has 0 spiro atoms. The van der Waals surface area contributed by atoms with Crippen LogP contribution in [0, 0.1) is 0 Å². The van der Waals surface area contributed by atoms with E-state index in [1.165, 1.54) is 0 Å². The highest BCUT2D eigenvalue weighted by Gasteiger charge is 2.12. The molecule has 1 heterocycles. The molecule has 0 saturated heterocycles. The van der Waals surface area contributed by atoms with Crippen LogP contribution in [0.4, 0.5) is 5.82 Å². The van der Waals surface area contributed by atoms with E-state index >= 15 is 0 Å². The minimum Gasteiger partial charge on any atom is -0.496 e. The number of para-hydroxylation sites is 1. The Kier molecular flexibility index (Phi) is 4.37. The zero-order valence-electron chi connectivity index (χ0n) is 11.6. The van der Waals surface area contributed by atoms with Gasteiger partial charge in [-0.15, -0.1) is 0 Å². The molecule has 0 aliphatic rings. The molecule has 1 amide bonds. The standard InChI is InChI=1S/C14H18N4O2/c1-18-9-11(8-15)14(17-18)16-13(19)7-10-5-3-4-6-12(10)20-2/h3-6,9H,7-8,15H2,1-2H3,(H,16,17,19). The van der Waals surface area contributed by atoms with Crippen molar-refractivity contribution in [3.8, 4) is 5.75 Å². The van der Waals surface area contributed by atoms with Crippen LogP contribution in [-0.4, -0.2) is 22.8 Å². The van der Waals surface area contributed by atoms with Gasteiger partial charge in [-0.25, -0.2) is 0 Å². The van der Waals surface area contributed by atoms with Crippen LogP contribution in [-0.2, 0) is 24.8 Å². The van der Waals surface area contributed by atoms with E-state index in [2.05, 4.69) is 10.4 Å². The highest BCUT2D eigenvalue weighted by molar-refractivity contribution is 5.92. The first-order valence-corrected chi connectivity index (χ1v) is 6.28. The van der Waals surface area contributed by atoms with Crippen molar-refractivity contribution in [2.45, 2.75) is 13.0 Å². The molecule has 1 aromatic carbocycles. The van der Waals surface area contributed by atoms with Crippen molar-refractivity contribution in [2.24, 2.45) is 12.8 Å². The normalized spacial score (nSPS) is 10.3. The van der Waals surface area contributed by atoms with Crippen LogP contribution >= 0.6 is 0 Å². The Bertz CT molecular complexity index is 607. The lowest BCUT2D eigenvalue weighted by atomic mass is 10.1. The molecule has 106 valence electrons. The number of ether oxygens (including phenoxy) is 1. The van der Waals surface area contributed by atoms with Crippen LogP contribution in [0.5, 0.6) is 5.75 Å². The number of methoxy groups -OCH3 is 1. The summed E-state index contributed by atoms with van der Waals surface area (Å²) in [6, 6.07) is 7.43. The highest BCUT2D eigenvalue weighted by atomic mass is 16.5. The predicted molar refractivity (Wildman–Crippen MR) is 76.4 cm³/mol. The number of nitrogens with two attached hydrogens (primary N) is 1. The number of aromatic nitrogens is 2. The van der Waals surface area contributed by atoms with Crippen LogP contribution in [0.2, 0.25) is 0 Å². The average Bonchev–Trinajstić information content (AvgIpc) is 2.79. The van der Waals surface area contributed by atoms with Crippen molar-refractivity contribution in [1.29, 1.82) is 0 Å². The molecule has 6 heteroatoms. The third-order valence-electron chi connectivity index (χ3n) is 2.93. The topological polar surface area (TPSA) is 82.2 Å². The third kappa shape index (κ3) is 3.16. The fourth-order valence-electron chi connectivity index (χ4n) is 1.99. The van der Waals surface area contributed by atoms with E-state index in [-0.39, 0.29) is 12.3 Å². The number of nitrogens with one attached hydrogen (secondary N) is 1. The van der Waals surface area contributed by atoms with Crippen molar-refractivity contribution in [3.05, 3.63) is 41.6 Å². The highest BCUT2D eigenvalue weighted by Crippen LogP contribution is 2.19. The first kappa shape index (κ1) is 14.1. The van der Waals surface area contributed by atoms with Gasteiger partial charge in [0.1, 0.15) is 5.75 Å². The summed E-state index contributed by atoms with van der Waals surface area (Å²) in [6.45, 7) is 0.331. The zero-order valence-corrected chi connectivity index (χ0v) is 11.6. The fourth-order valence-corrected chi connectivity index (χ4v) is 1.99. The van der Waals surface area contributed by atoms with E-state index in [9.17, 15) is 4.79 Å². The van der Waals surface area contributed by atoms with Gasteiger partial charge in [-0.1, -0.05) is 18.2 Å². The molecule has 1 aromatic heterocycles. The van der Waals surface area contributed by atoms with E-state index < -0.39 is 0 Å². The molecule has 0 aliphatic carbocycles. The minimum atomic E-state index is -0.150. The van der Waals surface area contributed by atoms with E-state index in [0.717, 1.165) is 11.1 Å². The molecular formula is C14H18N4O2. The summed E-state index contributed by atoms with van der Waals surface area (Å²) >= 11 is 0. The van der Waals surface area contributed by atoms with Crippen molar-refractivity contribution in [3.63, 3.8) is 0 Å². The van der Waals surface area contributed by atoms with Crippen molar-refractivity contribution < 1.29 is 9.53 Å². The van der Waals surface area contributed by atoms with Gasteiger partial charge in [0.15, 0.2) is 5.82 Å². The van der Waals surface area contributed by atoms with Crippen LogP contribution in [0.1, 0.15) is 11.1 Å². The van der Waals surface area contributed by atoms with E-state index in [1.54, 1.807) is 25.0 Å². The zero-order chi connectivity index (χ0) is 14.5. The number of amides is 1. The number of benzene rings is 1. The average molecular weight is 274 g/mol. The van der Waals surface area contributed by atoms with E-state index in [4.69, 9.17) is 10.5 Å². The Hall–Kier alpha value is -2.34. The lowest BCUT2D eigenvalue weighted by molar-refractivity contribution is -0.115. The monoisotopic (exact) mass is 274 g/mol. The number of hydrogen-bond donors (Lipinski definition) is 2. The summed E-state index contributed by atoms with van der Waals surface area (Å²) in [6.07, 6.45) is 2.02. The Labute approximate surface area is 117 Å². The van der Waals surface area contributed by atoms with Crippen molar-refractivity contribution in [2.75, 3.05) is 12.4 Å². The van der Waals surface area contributed by atoms with Gasteiger partial charge in [0.2, 0.25) is 5.91 Å². The molecule has 6 nitrogen and oxygen atoms in total. The molecule has 2 rings (SSSR count). The molecule has 0 radical (unpaired) electrons. The van der Waals surface area contributed by atoms with Gasteiger partial charge in [0, 0.05) is 30.9 Å². The SMILES string of the molecule is COc1ccccc1CC(=O)Nc1nn(C)cc1CN. The second-order valence-electron chi connectivity index (χ2n) is 4.42. The van der Waals surface area contributed by atoms with Crippen LogP contribution in [0.25, 0.3) is 0 Å². The van der Waals surface area contributed by atoms with Crippen molar-refractivity contribution in [1.82, 2.24) is 9.78 Å². The lowest BCUT2D eigenvalue weighted by Gasteiger charge is -2.08. The number of anilines is 1. The smallest absolute Gasteiger partial charge is 0.230 e. The number of hydrogen-bond acceptors (Lipinski definition) is 4. The first-order valence-electron chi connectivity index (χ1n) is 6.28. The molecular weight excluding hydrogens is 256 g/mol. The van der Waals surface area contributed by atoms with Gasteiger partial charge in [-0.2, -0.15) is 5.10 Å². The predicted octanol–water partition coefficient (Wildman–Crippen LogP) is 1.07. The second-order valence-corrected chi connectivity index (χ2v) is 4.42. The van der Waals surface area contributed by atoms with E-state index in [0.29, 0.717) is 18.1 Å². The molecule has 0 fully saturated rings. The molecule has 0 bridgehead atoms. The lowest BCUT2D eigenvalue weighted by Crippen LogP contribution is -2.16. The number of aryl methyl sites for hydroxylation is 1. The quantitative estimate of drug-likeness (QED) is 0.854. The second kappa shape index (κ2) is 6.21. The Balaban J connectivity index is 2.09. The number of carbonyl (C=O) groups excluding carboxylic acids is 1. The van der Waals surface area contributed by atoms with Gasteiger partial charge < -0.3 is 15.8 Å². The maximum absolute atomic E-state index is 12.1. The number of nitrogens with zero attached hydrogens (tertiary/aromatic N) is 2. The largest absolute Gasteiger partial charge is 0.496 e. The summed E-state index contributed by atoms with van der Waals surface area (Å²) in [5, 5.41) is 6.95. The maximum Gasteiger partial charge on any atom is 0.230 e. The molecule has 20 heavy (non-hydrogen) atoms. The van der Waals surface area contributed by atoms with Crippen LogP contribution in [0.15, 0.2) is 30.5 Å². The van der Waals surface area contributed by atoms with Gasteiger partial charge in [-0.05, 0) is 6.07 Å². The molecule has 0 saturated carbocycles. The summed E-state index contributed by atoms with van der Waals surface area (Å²) in [5.41, 5.74) is 7.25. The first-order chi connectivity index (χ1) is 9.63. The number of carbonyl (C=O) groups is 1. The minimum absolute atomic E-state index is 0.150. The van der Waals surface area contributed by atoms with Gasteiger partial charge in [-0.3, -0.25) is 9.48 Å². The molecule has 2 aromatic rings. The van der Waals surface area contributed by atoms with Crippen molar-refractivity contribution >= 4 is 11.7 Å². The number of rotatable bonds is 5. The Morgan fingerprint density at radius 1 is 1.40 bits per heavy atom. The van der Waals surface area contributed by atoms with E-state index in [1.807, 2.05) is 24.3 Å². The molecule has 3 N–H and O–H groups in total. The van der Waals surface area contributed by atoms with Gasteiger partial charge in [0.05, 0.1) is 13.5 Å². The van der Waals surface area contributed by atoms with Gasteiger partial charge >= 0.3 is 0 Å². The van der Waals surface area contributed by atoms with Gasteiger partial charge in [0.25, 0.3) is 0 Å². The third-order valence-corrected chi connectivity index (χ3v) is 2.93. The molecule has 0 aliphatic heterocycles. The Morgan fingerprint density at radius 3 is 2.85 bits per heavy atom. The Morgan fingerprint density at radius 2 is 2.15 bits per heavy atom. The summed E-state index contributed by atoms with van der Waals surface area (Å²) in [5.74, 6) is 1.06. The summed E-state index contributed by atoms with van der Waals surface area (Å²) < 4.78 is 6.85. The fraction of sp³-hybridized carbons (Fsp3) is 0.286. The van der Waals surface area contributed by atoms with Crippen LogP contribution in [0.3, 0.4) is 0 Å². The maximum atomic E-state index is 12.1.